The van der Waals surface area contributed by atoms with Gasteiger partial charge in [0.25, 0.3) is 0 Å². The minimum atomic E-state index is -1.20. The standard InChI is InChI=1S/C25H50O5/c1-18(2)9-6-10-19(3)11-7-12-20(4)13-8-14-21(5)15-16-29-25-24(28)23(27)22(26)17-30-25/h18-28H,6-17H2,1-5H3/t19-,20-,21?,22+,23-,24-,25?/m0/s1. The first-order valence-electron chi connectivity index (χ1n) is 12.5. The lowest BCUT2D eigenvalue weighted by Crippen LogP contribution is -2.53. The van der Waals surface area contributed by atoms with Crippen LogP contribution in [0.3, 0.4) is 0 Å². The molecule has 1 saturated heterocycles. The summed E-state index contributed by atoms with van der Waals surface area (Å²) in [5.74, 6) is 3.07. The maximum atomic E-state index is 9.88. The van der Waals surface area contributed by atoms with Gasteiger partial charge in [0.1, 0.15) is 18.3 Å². The van der Waals surface area contributed by atoms with E-state index in [0.29, 0.717) is 12.5 Å². The van der Waals surface area contributed by atoms with Crippen molar-refractivity contribution in [3.8, 4) is 0 Å². The maximum absolute atomic E-state index is 9.88. The van der Waals surface area contributed by atoms with E-state index in [1.807, 2.05) is 0 Å². The lowest BCUT2D eigenvalue weighted by molar-refractivity contribution is -0.270. The first-order chi connectivity index (χ1) is 14.2. The SMILES string of the molecule is CC(C)CCC[C@H](C)CCC[C@H](C)CCCC(C)CCOC1OC[C@@H](O)[C@H](O)[C@@H]1O. The molecule has 1 rings (SSSR count). The van der Waals surface area contributed by atoms with Crippen LogP contribution in [-0.2, 0) is 9.47 Å². The van der Waals surface area contributed by atoms with Crippen molar-refractivity contribution in [2.24, 2.45) is 23.7 Å². The summed E-state index contributed by atoms with van der Waals surface area (Å²) in [6, 6.07) is 0. The second-order valence-corrected chi connectivity index (χ2v) is 10.4. The van der Waals surface area contributed by atoms with Crippen molar-refractivity contribution in [3.63, 3.8) is 0 Å². The Balaban J connectivity index is 2.02. The molecule has 7 atom stereocenters. The molecule has 2 unspecified atom stereocenters. The number of aliphatic hydroxyl groups is 3. The van der Waals surface area contributed by atoms with Crippen LogP contribution in [0.2, 0.25) is 0 Å². The Labute approximate surface area is 185 Å². The van der Waals surface area contributed by atoms with E-state index in [-0.39, 0.29) is 6.61 Å². The molecule has 1 fully saturated rings. The predicted octanol–water partition coefficient (Wildman–Crippen LogP) is 4.91. The number of hydrogen-bond acceptors (Lipinski definition) is 5. The Morgan fingerprint density at radius 1 is 0.700 bits per heavy atom. The van der Waals surface area contributed by atoms with Crippen LogP contribution < -0.4 is 0 Å². The zero-order valence-electron chi connectivity index (χ0n) is 20.3. The van der Waals surface area contributed by atoms with Crippen molar-refractivity contribution in [3.05, 3.63) is 0 Å². The van der Waals surface area contributed by atoms with E-state index in [1.165, 1.54) is 57.8 Å². The van der Waals surface area contributed by atoms with Crippen molar-refractivity contribution >= 4 is 0 Å². The molecule has 5 nitrogen and oxygen atoms in total. The predicted molar refractivity (Wildman–Crippen MR) is 122 cm³/mol. The lowest BCUT2D eigenvalue weighted by atomic mass is 9.91. The summed E-state index contributed by atoms with van der Waals surface area (Å²) in [4.78, 5) is 0. The highest BCUT2D eigenvalue weighted by Gasteiger charge is 2.38. The summed E-state index contributed by atoms with van der Waals surface area (Å²) < 4.78 is 10.9. The van der Waals surface area contributed by atoms with E-state index in [0.717, 1.165) is 24.2 Å². The van der Waals surface area contributed by atoms with E-state index < -0.39 is 24.6 Å². The van der Waals surface area contributed by atoms with E-state index in [2.05, 4.69) is 34.6 Å². The topological polar surface area (TPSA) is 79.2 Å². The number of hydrogen-bond donors (Lipinski definition) is 3. The summed E-state index contributed by atoms with van der Waals surface area (Å²) in [5.41, 5.74) is 0. The summed E-state index contributed by atoms with van der Waals surface area (Å²) >= 11 is 0. The number of aliphatic hydroxyl groups excluding tert-OH is 3. The second-order valence-electron chi connectivity index (χ2n) is 10.4. The Morgan fingerprint density at radius 2 is 1.17 bits per heavy atom. The second kappa shape index (κ2) is 15.6. The van der Waals surface area contributed by atoms with E-state index in [9.17, 15) is 15.3 Å². The molecule has 0 aromatic heterocycles. The molecule has 30 heavy (non-hydrogen) atoms. The summed E-state index contributed by atoms with van der Waals surface area (Å²) in [7, 11) is 0. The monoisotopic (exact) mass is 430 g/mol. The van der Waals surface area contributed by atoms with Gasteiger partial charge in [-0.15, -0.1) is 0 Å². The molecule has 0 aromatic rings. The van der Waals surface area contributed by atoms with Gasteiger partial charge in [-0.25, -0.2) is 0 Å². The molecule has 0 radical (unpaired) electrons. The van der Waals surface area contributed by atoms with Gasteiger partial charge in [-0.2, -0.15) is 0 Å². The third kappa shape index (κ3) is 12.0. The highest BCUT2D eigenvalue weighted by Crippen LogP contribution is 2.23. The van der Waals surface area contributed by atoms with Crippen molar-refractivity contribution < 1.29 is 24.8 Å². The zero-order chi connectivity index (χ0) is 22.5. The molecule has 5 heteroatoms. The quantitative estimate of drug-likeness (QED) is 0.324. The highest BCUT2D eigenvalue weighted by atomic mass is 16.7. The fourth-order valence-corrected chi connectivity index (χ4v) is 4.25. The van der Waals surface area contributed by atoms with Gasteiger partial charge in [0.15, 0.2) is 6.29 Å². The molecule has 0 amide bonds. The Hall–Kier alpha value is -0.200. The van der Waals surface area contributed by atoms with Crippen LogP contribution in [-0.4, -0.2) is 53.1 Å². The average molecular weight is 431 g/mol. The van der Waals surface area contributed by atoms with Crippen molar-refractivity contribution in [2.75, 3.05) is 13.2 Å². The van der Waals surface area contributed by atoms with E-state index in [1.54, 1.807) is 0 Å². The first-order valence-corrected chi connectivity index (χ1v) is 12.5. The molecule has 1 aliphatic heterocycles. The van der Waals surface area contributed by atoms with Crippen LogP contribution in [0.4, 0.5) is 0 Å². The van der Waals surface area contributed by atoms with Crippen LogP contribution in [0.15, 0.2) is 0 Å². The molecule has 0 spiro atoms. The minimum absolute atomic E-state index is 0.00689. The molecular weight excluding hydrogens is 380 g/mol. The normalized spacial score (nSPS) is 27.9. The number of rotatable bonds is 16. The molecular formula is C25H50O5. The van der Waals surface area contributed by atoms with Crippen LogP contribution >= 0.6 is 0 Å². The molecule has 3 N–H and O–H groups in total. The van der Waals surface area contributed by atoms with Gasteiger partial charge in [0.05, 0.1) is 13.2 Å². The molecule has 180 valence electrons. The minimum Gasteiger partial charge on any atom is -0.388 e. The summed E-state index contributed by atoms with van der Waals surface area (Å²) in [6.07, 6.45) is 8.56. The summed E-state index contributed by atoms with van der Waals surface area (Å²) in [6.45, 7) is 12.2. The van der Waals surface area contributed by atoms with Gasteiger partial charge < -0.3 is 24.8 Å². The van der Waals surface area contributed by atoms with Crippen LogP contribution in [0, 0.1) is 23.7 Å². The van der Waals surface area contributed by atoms with Gasteiger partial charge >= 0.3 is 0 Å². The fraction of sp³-hybridized carbons (Fsp3) is 1.00. The van der Waals surface area contributed by atoms with Crippen LogP contribution in [0.5, 0.6) is 0 Å². The van der Waals surface area contributed by atoms with Gasteiger partial charge in [0.2, 0.25) is 0 Å². The Morgan fingerprint density at radius 3 is 1.67 bits per heavy atom. The summed E-state index contributed by atoms with van der Waals surface area (Å²) in [5, 5.41) is 29.0. The third-order valence-corrected chi connectivity index (χ3v) is 6.61. The smallest absolute Gasteiger partial charge is 0.186 e. The van der Waals surface area contributed by atoms with Crippen LogP contribution in [0.25, 0.3) is 0 Å². The molecule has 0 bridgehead atoms. The van der Waals surface area contributed by atoms with Gasteiger partial charge in [-0.05, 0) is 30.1 Å². The zero-order valence-corrected chi connectivity index (χ0v) is 20.3. The highest BCUT2D eigenvalue weighted by molar-refractivity contribution is 4.82. The van der Waals surface area contributed by atoms with Gasteiger partial charge in [-0.1, -0.05) is 92.4 Å². The molecule has 0 saturated carbocycles. The number of ether oxygens (including phenoxy) is 2. The fourth-order valence-electron chi connectivity index (χ4n) is 4.25. The van der Waals surface area contributed by atoms with Crippen molar-refractivity contribution in [1.29, 1.82) is 0 Å². The Bertz CT molecular complexity index is 416. The molecule has 1 aliphatic rings. The van der Waals surface area contributed by atoms with Crippen molar-refractivity contribution in [1.82, 2.24) is 0 Å². The average Bonchev–Trinajstić information content (AvgIpc) is 2.67. The lowest BCUT2D eigenvalue weighted by Gasteiger charge is -2.35. The Kier molecular flexibility index (Phi) is 14.5. The van der Waals surface area contributed by atoms with E-state index >= 15 is 0 Å². The molecule has 0 aromatic carbocycles. The van der Waals surface area contributed by atoms with Gasteiger partial charge in [0, 0.05) is 0 Å². The van der Waals surface area contributed by atoms with Crippen LogP contribution in [0.1, 0.15) is 98.8 Å². The third-order valence-electron chi connectivity index (χ3n) is 6.61. The van der Waals surface area contributed by atoms with Gasteiger partial charge in [-0.3, -0.25) is 0 Å². The maximum Gasteiger partial charge on any atom is 0.186 e. The molecule has 1 heterocycles. The first kappa shape index (κ1) is 27.8. The van der Waals surface area contributed by atoms with E-state index in [4.69, 9.17) is 9.47 Å². The largest absolute Gasteiger partial charge is 0.388 e. The van der Waals surface area contributed by atoms with Crippen molar-refractivity contribution in [2.45, 2.75) is 123 Å². The molecule has 0 aliphatic carbocycles.